The summed E-state index contributed by atoms with van der Waals surface area (Å²) in [6.45, 7) is 2.04. The van der Waals surface area contributed by atoms with Gasteiger partial charge in [-0.15, -0.1) is 0 Å². The van der Waals surface area contributed by atoms with E-state index in [1.807, 2.05) is 28.7 Å². The second-order valence-electron chi connectivity index (χ2n) is 0.820. The van der Waals surface area contributed by atoms with Gasteiger partial charge < -0.3 is 0 Å². The summed E-state index contributed by atoms with van der Waals surface area (Å²) in [5.74, 6) is 0. The van der Waals surface area contributed by atoms with Crippen LogP contribution < -0.4 is 5.73 Å². The Morgan fingerprint density at radius 1 is 2.00 bits per heavy atom. The van der Waals surface area contributed by atoms with Crippen molar-refractivity contribution < 1.29 is 0 Å². The summed E-state index contributed by atoms with van der Waals surface area (Å²) in [5, 5.41) is 0. The Bertz CT molecular complexity index is 42.2. The topological polar surface area (TPSA) is 26.0 Å². The van der Waals surface area contributed by atoms with Gasteiger partial charge in [-0.05, 0) is 0 Å². The first-order chi connectivity index (χ1) is 2.27. The molecule has 1 nitrogen and oxygen atoms in total. The van der Waals surface area contributed by atoms with Gasteiger partial charge in [-0.1, -0.05) is 0 Å². The normalized spacial score (nSPS) is 7.40. The number of rotatable bonds is 1. The van der Waals surface area contributed by atoms with Crippen LogP contribution in [0.4, 0.5) is 0 Å². The zero-order valence-electron chi connectivity index (χ0n) is 3.19. The first-order valence-electron chi connectivity index (χ1n) is 1.55. The van der Waals surface area contributed by atoms with Gasteiger partial charge >= 0.3 is 44.6 Å². The molecule has 0 spiro atoms. The van der Waals surface area contributed by atoms with Crippen LogP contribution in [0, 0.1) is 0 Å². The van der Waals surface area contributed by atoms with Crippen molar-refractivity contribution >= 4 is 25.5 Å². The standard InChI is InChI=1S/C3H7NTe/c1-2-3(4)5/h2H2,1H3,(H2,4,5). The van der Waals surface area contributed by atoms with E-state index < -0.39 is 0 Å². The molecule has 0 amide bonds. The second kappa shape index (κ2) is 2.68. The van der Waals surface area contributed by atoms with Crippen LogP contribution in [-0.2, 0) is 0 Å². The van der Waals surface area contributed by atoms with Gasteiger partial charge in [-0.25, -0.2) is 0 Å². The van der Waals surface area contributed by atoms with Gasteiger partial charge in [-0.3, -0.25) is 0 Å². The van der Waals surface area contributed by atoms with Gasteiger partial charge in [0.2, 0.25) is 0 Å². The molecule has 0 rings (SSSR count). The molecule has 2 N–H and O–H groups in total. The van der Waals surface area contributed by atoms with Crippen molar-refractivity contribution in [3.05, 3.63) is 0 Å². The Morgan fingerprint density at radius 3 is 2.20 bits per heavy atom. The third-order valence-corrected chi connectivity index (χ3v) is 1.17. The molecule has 0 fully saturated rings. The number of hydrogen-bond acceptors (Lipinski definition) is 1. The van der Waals surface area contributed by atoms with Crippen LogP contribution in [-0.4, -0.2) is 25.5 Å². The van der Waals surface area contributed by atoms with Crippen LogP contribution in [0.3, 0.4) is 0 Å². The Hall–Kier alpha value is 0.460. The minimum atomic E-state index is 1.00. The first-order valence-corrected chi connectivity index (χ1v) is 2.72. The van der Waals surface area contributed by atoms with E-state index >= 15 is 0 Å². The van der Waals surface area contributed by atoms with Crippen LogP contribution >= 0.6 is 0 Å². The maximum atomic E-state index is 5.21. The summed E-state index contributed by atoms with van der Waals surface area (Å²) in [4.78, 5) is 0. The molecular formula is C3H7NTe. The molecule has 0 heterocycles. The van der Waals surface area contributed by atoms with Crippen molar-refractivity contribution in [3.8, 4) is 0 Å². The first kappa shape index (κ1) is 5.46. The van der Waals surface area contributed by atoms with Gasteiger partial charge in [-0.2, -0.15) is 0 Å². The molecule has 5 heavy (non-hydrogen) atoms. The fourth-order valence-corrected chi connectivity index (χ4v) is 0. The molecule has 0 bridgehead atoms. The Balaban J connectivity index is 2.85. The molecule has 0 unspecified atom stereocenters. The summed E-state index contributed by atoms with van der Waals surface area (Å²) in [5.41, 5.74) is 5.21. The van der Waals surface area contributed by atoms with Crippen LogP contribution in [0.25, 0.3) is 0 Å². The van der Waals surface area contributed by atoms with E-state index in [1.165, 1.54) is 0 Å². The summed E-state index contributed by atoms with van der Waals surface area (Å²) >= 11 is 1.86. The van der Waals surface area contributed by atoms with Crippen LogP contribution in [0.15, 0.2) is 0 Å². The third kappa shape index (κ3) is 4.46. The zero-order valence-corrected chi connectivity index (χ0v) is 5.52. The van der Waals surface area contributed by atoms with Gasteiger partial charge in [0, 0.05) is 0 Å². The third-order valence-electron chi connectivity index (χ3n) is 0.348. The molecule has 0 saturated heterocycles. The molecule has 30 valence electrons. The van der Waals surface area contributed by atoms with Gasteiger partial charge in [0.05, 0.1) is 0 Å². The van der Waals surface area contributed by atoms with E-state index in [4.69, 9.17) is 5.73 Å². The number of hydrogen-bond donors (Lipinski definition) is 1. The van der Waals surface area contributed by atoms with Gasteiger partial charge in [0.1, 0.15) is 0 Å². The quantitative estimate of drug-likeness (QED) is 0.555. The monoisotopic (exact) mass is 187 g/mol. The molecule has 0 aliphatic rings. The molecule has 0 aliphatic heterocycles. The molecule has 0 saturated carbocycles. The van der Waals surface area contributed by atoms with E-state index in [0.29, 0.717) is 0 Å². The SMILES string of the molecule is CCC(N)=[Te]. The van der Waals surface area contributed by atoms with Crippen molar-refractivity contribution in [2.24, 2.45) is 5.73 Å². The van der Waals surface area contributed by atoms with Crippen molar-refractivity contribution in [1.82, 2.24) is 0 Å². The summed E-state index contributed by atoms with van der Waals surface area (Å²) in [6.07, 6.45) is 1.00. The van der Waals surface area contributed by atoms with E-state index in [-0.39, 0.29) is 0 Å². The van der Waals surface area contributed by atoms with Crippen molar-refractivity contribution in [2.45, 2.75) is 13.3 Å². The Kier molecular flexibility index (Phi) is 2.93. The molecule has 0 aromatic heterocycles. The number of nitrogens with two attached hydrogens (primary N) is 1. The second-order valence-corrected chi connectivity index (χ2v) is 2.32. The van der Waals surface area contributed by atoms with Crippen molar-refractivity contribution in [3.63, 3.8) is 0 Å². The van der Waals surface area contributed by atoms with Gasteiger partial charge in [0.15, 0.2) is 0 Å². The fourth-order valence-electron chi connectivity index (χ4n) is 0. The summed E-state index contributed by atoms with van der Waals surface area (Å²) in [6, 6.07) is 0. The molecule has 2 heteroatoms. The molecule has 0 aromatic carbocycles. The Labute approximate surface area is 44.9 Å². The minimum absolute atomic E-state index is 1.00. The maximum absolute atomic E-state index is 5.21. The molecule has 0 aromatic rings. The van der Waals surface area contributed by atoms with E-state index in [1.54, 1.807) is 0 Å². The van der Waals surface area contributed by atoms with Crippen LogP contribution in [0.1, 0.15) is 13.3 Å². The molecule has 0 radical (unpaired) electrons. The summed E-state index contributed by atoms with van der Waals surface area (Å²) < 4.78 is 1.01. The molecule has 0 atom stereocenters. The van der Waals surface area contributed by atoms with Gasteiger partial charge in [0.25, 0.3) is 0 Å². The predicted octanol–water partition coefficient (Wildman–Crippen LogP) is -0.346. The Morgan fingerprint density at radius 2 is 2.20 bits per heavy atom. The summed E-state index contributed by atoms with van der Waals surface area (Å²) in [7, 11) is 0. The van der Waals surface area contributed by atoms with E-state index in [0.717, 1.165) is 10.1 Å². The van der Waals surface area contributed by atoms with E-state index in [9.17, 15) is 0 Å². The molecular weight excluding hydrogens is 178 g/mol. The van der Waals surface area contributed by atoms with Crippen LogP contribution in [0.5, 0.6) is 0 Å². The van der Waals surface area contributed by atoms with Crippen molar-refractivity contribution in [2.75, 3.05) is 0 Å². The average molecular weight is 185 g/mol. The zero-order chi connectivity index (χ0) is 4.28. The van der Waals surface area contributed by atoms with E-state index in [2.05, 4.69) is 0 Å². The van der Waals surface area contributed by atoms with Crippen LogP contribution in [0.2, 0.25) is 0 Å². The fraction of sp³-hybridized carbons (Fsp3) is 0.667. The predicted molar refractivity (Wildman–Crippen MR) is 25.2 cm³/mol. The molecule has 0 aliphatic carbocycles. The average Bonchev–Trinajstić information content (AvgIpc) is 1.38. The van der Waals surface area contributed by atoms with Crippen molar-refractivity contribution in [1.29, 1.82) is 0 Å².